The van der Waals surface area contributed by atoms with E-state index in [9.17, 15) is 22.8 Å². The van der Waals surface area contributed by atoms with Crippen LogP contribution in [0.15, 0.2) is 6.20 Å². The summed E-state index contributed by atoms with van der Waals surface area (Å²) in [5.41, 5.74) is 7.58. The lowest BCUT2D eigenvalue weighted by Crippen LogP contribution is -2.49. The smallest absolute Gasteiger partial charge is 0.383 e. The summed E-state index contributed by atoms with van der Waals surface area (Å²) in [4.78, 5) is 34.0. The van der Waals surface area contributed by atoms with Crippen LogP contribution in [-0.4, -0.2) is 55.6 Å². The Morgan fingerprint density at radius 3 is 2.38 bits per heavy atom. The molecule has 3 heterocycles. The number of alkyl halides is 3. The van der Waals surface area contributed by atoms with Crippen molar-refractivity contribution in [3.63, 3.8) is 0 Å². The first-order valence-electron chi connectivity index (χ1n) is 11.2. The number of amides is 2. The van der Waals surface area contributed by atoms with E-state index < -0.39 is 18.0 Å². The second-order valence-electron chi connectivity index (χ2n) is 8.80. The molecule has 0 bridgehead atoms. The summed E-state index contributed by atoms with van der Waals surface area (Å²) in [5.74, 6) is -1.55. The van der Waals surface area contributed by atoms with E-state index in [0.29, 0.717) is 48.7 Å². The molecule has 0 unspecified atom stereocenters. The summed E-state index contributed by atoms with van der Waals surface area (Å²) in [6, 6.07) is -0.671. The molecule has 1 fully saturated rings. The summed E-state index contributed by atoms with van der Waals surface area (Å²) in [6.45, 7) is 6.00. The second kappa shape index (κ2) is 9.98. The lowest BCUT2D eigenvalue weighted by atomic mass is 9.90. The van der Waals surface area contributed by atoms with Crippen LogP contribution in [0.3, 0.4) is 0 Å². The molecular weight excluding hydrogens is 451 g/mol. The molecule has 1 atom stereocenters. The topological polar surface area (TPSA) is 119 Å². The quantitative estimate of drug-likeness (QED) is 0.654. The molecule has 1 aliphatic heterocycles. The Hall–Kier alpha value is -3.18. The van der Waals surface area contributed by atoms with Gasteiger partial charge in [0.15, 0.2) is 0 Å². The molecule has 1 saturated heterocycles. The van der Waals surface area contributed by atoms with E-state index in [-0.39, 0.29) is 23.3 Å². The van der Waals surface area contributed by atoms with Gasteiger partial charge < -0.3 is 16.0 Å². The minimum atomic E-state index is -4.63. The maximum Gasteiger partial charge on any atom is 0.451 e. The number of rotatable bonds is 6. The lowest BCUT2D eigenvalue weighted by molar-refractivity contribution is -0.145. The van der Waals surface area contributed by atoms with Gasteiger partial charge in [-0.2, -0.15) is 18.3 Å². The predicted molar refractivity (Wildman–Crippen MR) is 119 cm³/mol. The van der Waals surface area contributed by atoms with Crippen molar-refractivity contribution in [2.45, 2.75) is 58.7 Å². The van der Waals surface area contributed by atoms with Gasteiger partial charge in [0.25, 0.3) is 5.91 Å². The minimum absolute atomic E-state index is 0.138. The van der Waals surface area contributed by atoms with Crippen LogP contribution in [0.4, 0.5) is 19.0 Å². The van der Waals surface area contributed by atoms with E-state index in [1.807, 2.05) is 0 Å². The number of halogens is 3. The first-order valence-corrected chi connectivity index (χ1v) is 11.2. The van der Waals surface area contributed by atoms with Crippen LogP contribution in [0, 0.1) is 19.8 Å². The highest BCUT2D eigenvalue weighted by atomic mass is 19.4. The Labute approximate surface area is 195 Å². The van der Waals surface area contributed by atoms with Crippen molar-refractivity contribution >= 4 is 17.6 Å². The van der Waals surface area contributed by atoms with Gasteiger partial charge in [-0.05, 0) is 52.4 Å². The van der Waals surface area contributed by atoms with E-state index in [0.717, 1.165) is 12.8 Å². The molecule has 0 aliphatic carbocycles. The number of piperidine rings is 1. The summed E-state index contributed by atoms with van der Waals surface area (Å²) in [7, 11) is 1.72. The molecule has 2 aromatic heterocycles. The number of nitrogens with two attached hydrogens (primary N) is 1. The van der Waals surface area contributed by atoms with E-state index in [4.69, 9.17) is 5.73 Å². The van der Waals surface area contributed by atoms with E-state index >= 15 is 0 Å². The van der Waals surface area contributed by atoms with Gasteiger partial charge in [-0.25, -0.2) is 9.97 Å². The Kier molecular flexibility index (Phi) is 7.47. The van der Waals surface area contributed by atoms with Crippen LogP contribution in [0.2, 0.25) is 0 Å². The summed E-state index contributed by atoms with van der Waals surface area (Å²) in [5, 5.41) is 6.88. The highest BCUT2D eigenvalue weighted by Gasteiger charge is 2.36. The molecule has 0 saturated carbocycles. The van der Waals surface area contributed by atoms with Gasteiger partial charge in [-0.15, -0.1) is 0 Å². The van der Waals surface area contributed by atoms with Crippen LogP contribution >= 0.6 is 0 Å². The van der Waals surface area contributed by atoms with Crippen molar-refractivity contribution < 1.29 is 22.8 Å². The van der Waals surface area contributed by atoms with Crippen LogP contribution in [0.25, 0.3) is 0 Å². The average molecular weight is 482 g/mol. The normalized spacial score (nSPS) is 15.9. The van der Waals surface area contributed by atoms with E-state index in [1.54, 1.807) is 36.7 Å². The van der Waals surface area contributed by atoms with Crippen LogP contribution in [0.5, 0.6) is 0 Å². The fourth-order valence-corrected chi connectivity index (χ4v) is 4.28. The number of nitrogens with one attached hydrogen (secondary N) is 1. The molecule has 186 valence electrons. The van der Waals surface area contributed by atoms with Crippen LogP contribution < -0.4 is 11.1 Å². The third-order valence-corrected chi connectivity index (χ3v) is 6.20. The van der Waals surface area contributed by atoms with Crippen molar-refractivity contribution in [2.75, 3.05) is 18.8 Å². The largest absolute Gasteiger partial charge is 0.451 e. The highest BCUT2D eigenvalue weighted by Crippen LogP contribution is 2.30. The van der Waals surface area contributed by atoms with Gasteiger partial charge in [-0.1, -0.05) is 0 Å². The average Bonchev–Trinajstić information content (AvgIpc) is 3.10. The van der Waals surface area contributed by atoms with Crippen molar-refractivity contribution in [3.05, 3.63) is 34.5 Å². The number of aryl methyl sites for hydroxylation is 3. The molecule has 0 aromatic carbocycles. The molecule has 9 nitrogen and oxygen atoms in total. The van der Waals surface area contributed by atoms with Gasteiger partial charge in [0.1, 0.15) is 11.9 Å². The zero-order chi connectivity index (χ0) is 25.2. The van der Waals surface area contributed by atoms with Crippen molar-refractivity contribution in [1.29, 1.82) is 0 Å². The number of hydrogen-bond donors (Lipinski definition) is 2. The van der Waals surface area contributed by atoms with Gasteiger partial charge in [0.2, 0.25) is 11.7 Å². The fraction of sp³-hybridized carbons (Fsp3) is 0.591. The van der Waals surface area contributed by atoms with Crippen molar-refractivity contribution in [2.24, 2.45) is 13.0 Å². The van der Waals surface area contributed by atoms with E-state index in [2.05, 4.69) is 20.4 Å². The zero-order valence-corrected chi connectivity index (χ0v) is 19.7. The number of nitrogen functional groups attached to an aromatic ring is 1. The maximum absolute atomic E-state index is 12.9. The Balaban J connectivity index is 1.50. The molecule has 0 radical (unpaired) electrons. The minimum Gasteiger partial charge on any atom is -0.383 e. The fourth-order valence-electron chi connectivity index (χ4n) is 4.28. The summed E-state index contributed by atoms with van der Waals surface area (Å²) >= 11 is 0. The third-order valence-electron chi connectivity index (χ3n) is 6.20. The van der Waals surface area contributed by atoms with Crippen LogP contribution in [0.1, 0.15) is 59.3 Å². The molecule has 3 N–H and O–H groups in total. The molecule has 2 aromatic rings. The Morgan fingerprint density at radius 1 is 1.21 bits per heavy atom. The van der Waals surface area contributed by atoms with E-state index in [1.165, 1.54) is 6.92 Å². The van der Waals surface area contributed by atoms with Crippen molar-refractivity contribution in [1.82, 2.24) is 30.0 Å². The van der Waals surface area contributed by atoms with Gasteiger partial charge in [0, 0.05) is 37.6 Å². The molecular formula is C22H30F3N7O2. The molecule has 0 spiro atoms. The van der Waals surface area contributed by atoms with Crippen LogP contribution in [-0.2, 0) is 24.4 Å². The number of anilines is 1. The number of likely N-dealkylation sites (tertiary alicyclic amines) is 1. The van der Waals surface area contributed by atoms with Gasteiger partial charge in [-0.3, -0.25) is 14.3 Å². The third kappa shape index (κ3) is 5.84. The highest BCUT2D eigenvalue weighted by molar-refractivity contribution is 5.98. The standard InChI is InChI=1S/C22H30F3N7O2/c1-12-16(18(26)29-21(28-12)22(23,24)25)6-5-15-7-9-32(10-8-15)20(34)14(3)27-19(33)17-11-31(4)30-13(17)2/h11,14-15H,5-10H2,1-4H3,(H,27,33)(H2,26,28,29)/t14-/m0/s1. The van der Waals surface area contributed by atoms with Crippen molar-refractivity contribution in [3.8, 4) is 0 Å². The number of nitrogens with zero attached hydrogens (tertiary/aromatic N) is 5. The molecule has 3 rings (SSSR count). The number of carbonyl (C=O) groups excluding carboxylic acids is 2. The Bertz CT molecular complexity index is 1040. The monoisotopic (exact) mass is 481 g/mol. The van der Waals surface area contributed by atoms with Gasteiger partial charge >= 0.3 is 6.18 Å². The maximum atomic E-state index is 12.9. The predicted octanol–water partition coefficient (Wildman–Crippen LogP) is 2.42. The molecule has 1 aliphatic rings. The summed E-state index contributed by atoms with van der Waals surface area (Å²) in [6.07, 6.45) is -0.309. The molecule has 2 amide bonds. The number of carbonyl (C=O) groups is 2. The number of hydrogen-bond acceptors (Lipinski definition) is 6. The lowest BCUT2D eigenvalue weighted by Gasteiger charge is -2.33. The first-order chi connectivity index (χ1) is 15.9. The Morgan fingerprint density at radius 2 is 1.85 bits per heavy atom. The molecule has 34 heavy (non-hydrogen) atoms. The second-order valence-corrected chi connectivity index (χ2v) is 8.80. The first kappa shape index (κ1) is 25.4. The van der Waals surface area contributed by atoms with Gasteiger partial charge in [0.05, 0.1) is 11.3 Å². The SMILES string of the molecule is Cc1nn(C)cc1C(=O)N[C@@H](C)C(=O)N1CCC(CCc2c(C)nc(C(F)(F)F)nc2N)CC1. The zero-order valence-electron chi connectivity index (χ0n) is 19.7. The molecule has 12 heteroatoms. The number of aromatic nitrogens is 4. The summed E-state index contributed by atoms with van der Waals surface area (Å²) < 4.78 is 40.1.